The molecular weight excluding hydrogens is 392 g/mol. The highest BCUT2D eigenvalue weighted by Crippen LogP contribution is 2.40. The lowest BCUT2D eigenvalue weighted by atomic mass is 9.97. The number of carbonyl (C=O) groups is 1. The average molecular weight is 414 g/mol. The number of hydrogen-bond acceptors (Lipinski definition) is 3. The molecule has 0 spiro atoms. The van der Waals surface area contributed by atoms with Crippen molar-refractivity contribution in [2.45, 2.75) is 43.6 Å². The first kappa shape index (κ1) is 21.1. The maximum Gasteiger partial charge on any atom is 0.424 e. The Morgan fingerprint density at radius 2 is 1.97 bits per heavy atom. The Kier molecular flexibility index (Phi) is 5.83. The second kappa shape index (κ2) is 8.02. The van der Waals surface area contributed by atoms with Crippen LogP contribution < -0.4 is 5.32 Å². The topological polar surface area (TPSA) is 70.4 Å². The molecule has 2 N–H and O–H groups in total. The maximum atomic E-state index is 13.5. The minimum Gasteiger partial charge on any atom is -0.374 e. The molecule has 1 aliphatic rings. The summed E-state index contributed by atoms with van der Waals surface area (Å²) in [5, 5.41) is 12.8. The Bertz CT molecular complexity index is 849. The van der Waals surface area contributed by atoms with Gasteiger partial charge in [-0.05, 0) is 30.5 Å². The number of aliphatic hydroxyl groups is 1. The van der Waals surface area contributed by atoms with Crippen LogP contribution in [0.5, 0.6) is 0 Å². The number of benzene rings is 1. The summed E-state index contributed by atoms with van der Waals surface area (Å²) in [5.74, 6) is -0.929. The number of nitrogens with zero attached hydrogens (tertiary/aromatic N) is 3. The fraction of sp³-hybridized carbons (Fsp3) is 0.474. The van der Waals surface area contributed by atoms with Gasteiger partial charge in [0.15, 0.2) is 0 Å². The van der Waals surface area contributed by atoms with Crippen molar-refractivity contribution in [1.29, 1.82) is 0 Å². The van der Waals surface area contributed by atoms with Crippen LogP contribution in [0.2, 0.25) is 0 Å². The van der Waals surface area contributed by atoms with Gasteiger partial charge in [-0.1, -0.05) is 12.1 Å². The summed E-state index contributed by atoms with van der Waals surface area (Å²) >= 11 is 0. The van der Waals surface area contributed by atoms with Crippen LogP contribution in [0.3, 0.4) is 0 Å². The van der Waals surface area contributed by atoms with Gasteiger partial charge in [0.25, 0.3) is 0 Å². The molecule has 1 aromatic carbocycles. The van der Waals surface area contributed by atoms with Crippen molar-refractivity contribution in [2.75, 3.05) is 6.54 Å². The zero-order valence-corrected chi connectivity index (χ0v) is 15.8. The van der Waals surface area contributed by atoms with Crippen LogP contribution in [-0.4, -0.2) is 44.4 Å². The third kappa shape index (κ3) is 4.69. The monoisotopic (exact) mass is 414 g/mol. The third-order valence-electron chi connectivity index (χ3n) is 4.94. The summed E-state index contributed by atoms with van der Waals surface area (Å²) < 4.78 is 54.8. The molecule has 1 aliphatic carbocycles. The number of halogens is 4. The molecule has 0 bridgehead atoms. The molecule has 158 valence electrons. The quantitative estimate of drug-likeness (QED) is 0.685. The predicted molar refractivity (Wildman–Crippen MR) is 96.1 cm³/mol. The summed E-state index contributed by atoms with van der Waals surface area (Å²) in [7, 11) is 1.36. The van der Waals surface area contributed by atoms with Crippen LogP contribution in [0.15, 0.2) is 36.7 Å². The first-order valence-corrected chi connectivity index (χ1v) is 9.17. The smallest absolute Gasteiger partial charge is 0.374 e. The van der Waals surface area contributed by atoms with Gasteiger partial charge < -0.3 is 19.9 Å². The highest BCUT2D eigenvalue weighted by molar-refractivity contribution is 5.74. The van der Waals surface area contributed by atoms with E-state index in [1.165, 1.54) is 36.5 Å². The van der Waals surface area contributed by atoms with Crippen LogP contribution in [0, 0.1) is 5.82 Å². The van der Waals surface area contributed by atoms with Gasteiger partial charge in [-0.15, -0.1) is 0 Å². The second-order valence-corrected chi connectivity index (χ2v) is 7.19. The van der Waals surface area contributed by atoms with E-state index in [9.17, 15) is 27.5 Å². The van der Waals surface area contributed by atoms with Crippen molar-refractivity contribution in [1.82, 2.24) is 19.8 Å². The Morgan fingerprint density at radius 1 is 1.31 bits per heavy atom. The second-order valence-electron chi connectivity index (χ2n) is 7.19. The Morgan fingerprint density at radius 3 is 2.48 bits per heavy atom. The van der Waals surface area contributed by atoms with Gasteiger partial charge in [-0.25, -0.2) is 14.2 Å². The standard InChI is InChI=1S/C19H22F4N4O2/c1-26-11-10-24-16(26)18(29,19(21,22)23)8-9-25-17(28)27(15-6-7-15)12-13-2-4-14(20)5-3-13/h2-5,10-11,15,29H,6-9,12H2,1H3,(H,25,28). The highest BCUT2D eigenvalue weighted by Gasteiger charge is 2.57. The van der Waals surface area contributed by atoms with E-state index >= 15 is 0 Å². The lowest BCUT2D eigenvalue weighted by Gasteiger charge is -2.30. The minimum atomic E-state index is -4.96. The van der Waals surface area contributed by atoms with Crippen LogP contribution in [0.4, 0.5) is 22.4 Å². The van der Waals surface area contributed by atoms with E-state index < -0.39 is 42.4 Å². The number of aryl methyl sites for hydroxylation is 1. The van der Waals surface area contributed by atoms with Crippen LogP contribution >= 0.6 is 0 Å². The van der Waals surface area contributed by atoms with Gasteiger partial charge >= 0.3 is 12.2 Å². The lowest BCUT2D eigenvalue weighted by Crippen LogP contribution is -2.48. The van der Waals surface area contributed by atoms with E-state index in [0.717, 1.165) is 17.4 Å². The SMILES string of the molecule is Cn1ccnc1C(O)(CCNC(=O)N(Cc1ccc(F)cc1)C1CC1)C(F)(F)F. The molecule has 1 fully saturated rings. The Balaban J connectivity index is 1.64. The largest absolute Gasteiger partial charge is 0.424 e. The number of urea groups is 1. The zero-order valence-electron chi connectivity index (χ0n) is 15.8. The molecule has 0 aliphatic heterocycles. The van der Waals surface area contributed by atoms with Crippen molar-refractivity contribution >= 4 is 6.03 Å². The fourth-order valence-corrected chi connectivity index (χ4v) is 3.14. The molecule has 3 rings (SSSR count). The molecule has 0 saturated heterocycles. The number of imidazole rings is 1. The third-order valence-corrected chi connectivity index (χ3v) is 4.94. The molecule has 6 nitrogen and oxygen atoms in total. The molecule has 1 unspecified atom stereocenters. The van der Waals surface area contributed by atoms with E-state index in [2.05, 4.69) is 10.3 Å². The number of aromatic nitrogens is 2. The van der Waals surface area contributed by atoms with Crippen LogP contribution in [-0.2, 0) is 19.2 Å². The van der Waals surface area contributed by atoms with E-state index in [4.69, 9.17) is 0 Å². The van der Waals surface area contributed by atoms with Crippen molar-refractivity contribution in [2.24, 2.45) is 7.05 Å². The fourth-order valence-electron chi connectivity index (χ4n) is 3.14. The van der Waals surface area contributed by atoms with Crippen LogP contribution in [0.25, 0.3) is 0 Å². The molecular formula is C19H22F4N4O2. The average Bonchev–Trinajstić information content (AvgIpc) is 3.40. The summed E-state index contributed by atoms with van der Waals surface area (Å²) in [6.45, 7) is -0.173. The minimum absolute atomic E-state index is 0.00362. The molecule has 2 amide bonds. The highest BCUT2D eigenvalue weighted by atomic mass is 19.4. The van der Waals surface area contributed by atoms with Gasteiger partial charge in [0.1, 0.15) is 11.6 Å². The number of nitrogens with one attached hydrogen (secondary N) is 1. The molecule has 2 aromatic rings. The molecule has 1 heterocycles. The first-order chi connectivity index (χ1) is 13.6. The number of alkyl halides is 3. The molecule has 1 aromatic heterocycles. The van der Waals surface area contributed by atoms with Gasteiger partial charge in [0.2, 0.25) is 5.60 Å². The van der Waals surface area contributed by atoms with Crippen molar-refractivity contribution in [3.8, 4) is 0 Å². The molecule has 0 radical (unpaired) electrons. The Hall–Kier alpha value is -2.62. The van der Waals surface area contributed by atoms with Gasteiger partial charge in [0, 0.05) is 45.0 Å². The van der Waals surface area contributed by atoms with E-state index in [0.29, 0.717) is 5.56 Å². The summed E-state index contributed by atoms with van der Waals surface area (Å²) in [4.78, 5) is 17.7. The van der Waals surface area contributed by atoms with Crippen molar-refractivity contribution in [3.63, 3.8) is 0 Å². The molecule has 1 atom stereocenters. The number of rotatable bonds is 7. The number of hydrogen-bond donors (Lipinski definition) is 2. The van der Waals surface area contributed by atoms with Gasteiger partial charge in [-0.2, -0.15) is 13.2 Å². The predicted octanol–water partition coefficient (Wildman–Crippen LogP) is 3.07. The number of carbonyl (C=O) groups excluding carboxylic acids is 1. The van der Waals surface area contributed by atoms with E-state index in [1.54, 1.807) is 12.1 Å². The summed E-state index contributed by atoms with van der Waals surface area (Å²) in [6.07, 6.45) is -1.66. The lowest BCUT2D eigenvalue weighted by molar-refractivity contribution is -0.272. The number of amides is 2. The van der Waals surface area contributed by atoms with Gasteiger partial charge in [-0.3, -0.25) is 0 Å². The van der Waals surface area contributed by atoms with Crippen LogP contribution in [0.1, 0.15) is 30.7 Å². The van der Waals surface area contributed by atoms with Crippen molar-refractivity contribution in [3.05, 3.63) is 53.9 Å². The molecule has 1 saturated carbocycles. The first-order valence-electron chi connectivity index (χ1n) is 9.17. The summed E-state index contributed by atoms with van der Waals surface area (Å²) in [5.41, 5.74) is -2.46. The van der Waals surface area contributed by atoms with Gasteiger partial charge in [0.05, 0.1) is 0 Å². The normalized spacial score (nSPS) is 16.3. The maximum absolute atomic E-state index is 13.5. The van der Waals surface area contributed by atoms with Crippen molar-refractivity contribution < 1.29 is 27.5 Å². The summed E-state index contributed by atoms with van der Waals surface area (Å²) in [6, 6.07) is 5.16. The van der Waals surface area contributed by atoms with E-state index in [-0.39, 0.29) is 12.6 Å². The zero-order chi connectivity index (χ0) is 21.2. The molecule has 10 heteroatoms. The van der Waals surface area contributed by atoms with E-state index in [1.807, 2.05) is 0 Å². The Labute approximate surface area is 165 Å². The molecule has 29 heavy (non-hydrogen) atoms.